The van der Waals surface area contributed by atoms with Crippen molar-refractivity contribution in [2.45, 2.75) is 0 Å². The van der Waals surface area contributed by atoms with Gasteiger partial charge < -0.3 is 5.11 Å². The van der Waals surface area contributed by atoms with E-state index in [-0.39, 0.29) is 0 Å². The fourth-order valence-electron chi connectivity index (χ4n) is 0.621. The first-order chi connectivity index (χ1) is 6.99. The lowest BCUT2D eigenvalue weighted by Gasteiger charge is -1.93. The van der Waals surface area contributed by atoms with Crippen LogP contribution in [-0.4, -0.2) is 16.4 Å². The molecule has 1 amide bonds. The summed E-state index contributed by atoms with van der Waals surface area (Å²) in [4.78, 5) is 19.7. The quantitative estimate of drug-likeness (QED) is 0.307. The summed E-state index contributed by atoms with van der Waals surface area (Å²) in [6.07, 6.45) is -1.22. The molecule has 0 spiro atoms. The van der Waals surface area contributed by atoms with Crippen molar-refractivity contribution in [2.75, 3.05) is 0 Å². The first-order valence-electron chi connectivity index (χ1n) is 3.63. The maximum atomic E-state index is 10.5. The number of rotatable bonds is 1. The minimum absolute atomic E-state index is 0.353. The standard InChI is InChI=1S/C7H4Cl2O.CH4N2O2/c8-6-4-2-1-3-5(6)7(9)10;2-3-1(4)5/h1-4H;3H,2H2,(H,4,5). The van der Waals surface area contributed by atoms with E-state index in [0.717, 1.165) is 0 Å². The fourth-order valence-corrected chi connectivity index (χ4v) is 1.06. The van der Waals surface area contributed by atoms with Crippen molar-refractivity contribution in [1.29, 1.82) is 0 Å². The predicted molar refractivity (Wildman–Crippen MR) is 57.0 cm³/mol. The molecule has 0 radical (unpaired) electrons. The topological polar surface area (TPSA) is 92.4 Å². The molecule has 0 aliphatic rings. The summed E-state index contributed by atoms with van der Waals surface area (Å²) in [6, 6.07) is 6.65. The number of carbonyl (C=O) groups excluding carboxylic acids is 1. The molecule has 82 valence electrons. The zero-order valence-corrected chi connectivity index (χ0v) is 8.92. The van der Waals surface area contributed by atoms with E-state index in [1.807, 2.05) is 0 Å². The molecule has 0 unspecified atom stereocenters. The highest BCUT2D eigenvalue weighted by molar-refractivity contribution is 6.68. The molecule has 0 fully saturated rings. The van der Waals surface area contributed by atoms with Crippen LogP contribution in [0.15, 0.2) is 24.3 Å². The third-order valence-corrected chi connectivity index (χ3v) is 1.74. The van der Waals surface area contributed by atoms with Gasteiger partial charge in [-0.05, 0) is 23.7 Å². The molecule has 0 aliphatic heterocycles. The first kappa shape index (κ1) is 13.7. The van der Waals surface area contributed by atoms with Gasteiger partial charge in [-0.2, -0.15) is 0 Å². The largest absolute Gasteiger partial charge is 0.464 e. The van der Waals surface area contributed by atoms with Crippen molar-refractivity contribution in [3.8, 4) is 0 Å². The van der Waals surface area contributed by atoms with Gasteiger partial charge in [0.15, 0.2) is 0 Å². The van der Waals surface area contributed by atoms with Gasteiger partial charge in [0.2, 0.25) is 0 Å². The van der Waals surface area contributed by atoms with E-state index in [2.05, 4.69) is 5.84 Å². The molecule has 1 aromatic rings. The number of hydrogen-bond donors (Lipinski definition) is 3. The van der Waals surface area contributed by atoms with E-state index in [1.165, 1.54) is 5.43 Å². The molecular formula is C8H8Cl2N2O3. The van der Waals surface area contributed by atoms with Crippen LogP contribution in [0.25, 0.3) is 0 Å². The predicted octanol–water partition coefficient (Wildman–Crippen LogP) is 1.85. The SMILES string of the molecule is NNC(=O)O.O=C(Cl)c1ccccc1Cl. The van der Waals surface area contributed by atoms with Gasteiger partial charge in [0, 0.05) is 0 Å². The molecule has 5 nitrogen and oxygen atoms in total. The molecule has 1 rings (SSSR count). The summed E-state index contributed by atoms with van der Waals surface area (Å²) in [5.74, 6) is 4.32. The molecule has 1 aromatic carbocycles. The molecule has 0 aromatic heterocycles. The van der Waals surface area contributed by atoms with Gasteiger partial charge in [0.05, 0.1) is 10.6 Å². The van der Waals surface area contributed by atoms with Crippen LogP contribution >= 0.6 is 23.2 Å². The molecule has 0 aliphatic carbocycles. The zero-order chi connectivity index (χ0) is 11.8. The van der Waals surface area contributed by atoms with Crippen LogP contribution in [0.2, 0.25) is 5.02 Å². The van der Waals surface area contributed by atoms with Gasteiger partial charge in [-0.15, -0.1) is 0 Å². The Bertz CT molecular complexity index is 357. The van der Waals surface area contributed by atoms with Crippen molar-refractivity contribution >= 4 is 34.5 Å². The van der Waals surface area contributed by atoms with Gasteiger partial charge in [0.1, 0.15) is 0 Å². The van der Waals surface area contributed by atoms with Gasteiger partial charge in [-0.1, -0.05) is 23.7 Å². The van der Waals surface area contributed by atoms with Crippen LogP contribution < -0.4 is 11.3 Å². The first-order valence-corrected chi connectivity index (χ1v) is 4.38. The average molecular weight is 251 g/mol. The average Bonchev–Trinajstić information content (AvgIpc) is 2.19. The second-order valence-corrected chi connectivity index (χ2v) is 2.95. The van der Waals surface area contributed by atoms with Gasteiger partial charge in [-0.3, -0.25) is 10.2 Å². The maximum Gasteiger partial charge on any atom is 0.418 e. The molecule has 0 atom stereocenters. The normalized spacial score (nSPS) is 8.47. The van der Waals surface area contributed by atoms with Crippen molar-refractivity contribution in [1.82, 2.24) is 5.43 Å². The van der Waals surface area contributed by atoms with E-state index >= 15 is 0 Å². The molecule has 0 bridgehead atoms. The lowest BCUT2D eigenvalue weighted by Crippen LogP contribution is -2.27. The third kappa shape index (κ3) is 5.90. The van der Waals surface area contributed by atoms with Crippen LogP contribution in [0.5, 0.6) is 0 Å². The van der Waals surface area contributed by atoms with E-state index in [9.17, 15) is 4.79 Å². The van der Waals surface area contributed by atoms with Crippen LogP contribution in [0.1, 0.15) is 10.4 Å². The van der Waals surface area contributed by atoms with Crippen molar-refractivity contribution in [2.24, 2.45) is 5.84 Å². The smallest absolute Gasteiger partial charge is 0.418 e. The Morgan fingerprint density at radius 3 is 2.07 bits per heavy atom. The number of amides is 1. The molecule has 0 heterocycles. The third-order valence-electron chi connectivity index (χ3n) is 1.21. The highest BCUT2D eigenvalue weighted by Crippen LogP contribution is 2.16. The highest BCUT2D eigenvalue weighted by atomic mass is 35.5. The Labute approximate surface area is 95.8 Å². The Kier molecular flexibility index (Phi) is 6.44. The Hall–Kier alpha value is -1.30. The lowest BCUT2D eigenvalue weighted by molar-refractivity contribution is 0.108. The van der Waals surface area contributed by atoms with Crippen molar-refractivity contribution in [3.05, 3.63) is 34.9 Å². The summed E-state index contributed by atoms with van der Waals surface area (Å²) in [7, 11) is 0. The van der Waals surface area contributed by atoms with E-state index < -0.39 is 11.3 Å². The number of benzene rings is 1. The number of halogens is 2. The van der Waals surface area contributed by atoms with Crippen molar-refractivity contribution < 1.29 is 14.7 Å². The number of hydrazine groups is 1. The Morgan fingerprint density at radius 2 is 1.80 bits per heavy atom. The fraction of sp³-hybridized carbons (Fsp3) is 0. The van der Waals surface area contributed by atoms with Crippen molar-refractivity contribution in [3.63, 3.8) is 0 Å². The number of carboxylic acid groups (broad SMARTS) is 1. The van der Waals surface area contributed by atoms with Crippen LogP contribution in [0.4, 0.5) is 4.79 Å². The molecular weight excluding hydrogens is 243 g/mol. The number of nitrogens with two attached hydrogens (primary N) is 1. The lowest BCUT2D eigenvalue weighted by atomic mass is 10.2. The monoisotopic (exact) mass is 250 g/mol. The maximum absolute atomic E-state index is 10.5. The highest BCUT2D eigenvalue weighted by Gasteiger charge is 2.03. The second-order valence-electron chi connectivity index (χ2n) is 2.20. The Morgan fingerprint density at radius 1 is 1.33 bits per heavy atom. The van der Waals surface area contributed by atoms with E-state index in [4.69, 9.17) is 33.1 Å². The summed E-state index contributed by atoms with van der Waals surface area (Å²) < 4.78 is 0. The summed E-state index contributed by atoms with van der Waals surface area (Å²) in [6.45, 7) is 0. The van der Waals surface area contributed by atoms with Crippen LogP contribution in [-0.2, 0) is 0 Å². The minimum atomic E-state index is -1.22. The zero-order valence-electron chi connectivity index (χ0n) is 7.41. The van der Waals surface area contributed by atoms with Gasteiger partial charge >= 0.3 is 6.09 Å². The molecule has 0 saturated heterocycles. The van der Waals surface area contributed by atoms with Crippen LogP contribution in [0, 0.1) is 0 Å². The molecule has 0 saturated carbocycles. The van der Waals surface area contributed by atoms with E-state index in [0.29, 0.717) is 10.6 Å². The minimum Gasteiger partial charge on any atom is -0.464 e. The molecule has 15 heavy (non-hydrogen) atoms. The van der Waals surface area contributed by atoms with E-state index in [1.54, 1.807) is 24.3 Å². The summed E-state index contributed by atoms with van der Waals surface area (Å²) in [5.41, 5.74) is 1.80. The number of nitrogens with one attached hydrogen (secondary N) is 1. The van der Waals surface area contributed by atoms with Gasteiger partial charge in [-0.25, -0.2) is 10.6 Å². The summed E-state index contributed by atoms with van der Waals surface area (Å²) in [5, 5.41) is 7.35. The van der Waals surface area contributed by atoms with Gasteiger partial charge in [0.25, 0.3) is 5.24 Å². The number of carbonyl (C=O) groups is 2. The molecule has 4 N–H and O–H groups in total. The molecule has 7 heteroatoms. The second kappa shape index (κ2) is 7.05. The Balaban J connectivity index is 0.000000336. The number of hydrogen-bond acceptors (Lipinski definition) is 3. The summed E-state index contributed by atoms with van der Waals surface area (Å²) >= 11 is 10.8. The van der Waals surface area contributed by atoms with Crippen LogP contribution in [0.3, 0.4) is 0 Å².